The highest BCUT2D eigenvalue weighted by Gasteiger charge is 2.49. The zero-order valence-electron chi connectivity index (χ0n) is 7.79. The van der Waals surface area contributed by atoms with E-state index in [1.165, 1.54) is 25.7 Å². The van der Waals surface area contributed by atoms with E-state index in [0.717, 1.165) is 24.9 Å². The second-order valence-electron chi connectivity index (χ2n) is 3.91. The summed E-state index contributed by atoms with van der Waals surface area (Å²) in [5.74, 6) is 1.65. The molecule has 2 fully saturated rings. The van der Waals surface area contributed by atoms with Crippen molar-refractivity contribution in [3.8, 4) is 0 Å². The number of rotatable bonds is 4. The van der Waals surface area contributed by atoms with E-state index in [4.69, 9.17) is 9.31 Å². The first-order chi connectivity index (χ1) is 5.92. The molecular weight excluding hydrogens is 151 g/mol. The summed E-state index contributed by atoms with van der Waals surface area (Å²) in [6.07, 6.45) is 5.40. The van der Waals surface area contributed by atoms with Gasteiger partial charge in [-0.05, 0) is 18.2 Å². The molecule has 3 heteroatoms. The number of hydrogen-bond donors (Lipinski definition) is 0. The molecule has 0 bridgehead atoms. The van der Waals surface area contributed by atoms with Crippen LogP contribution in [-0.4, -0.2) is 20.3 Å². The molecule has 0 N–H and O–H groups in total. The fourth-order valence-corrected chi connectivity index (χ4v) is 2.03. The lowest BCUT2D eigenvalue weighted by Crippen LogP contribution is -2.14. The van der Waals surface area contributed by atoms with Crippen molar-refractivity contribution in [2.75, 3.05) is 13.2 Å². The van der Waals surface area contributed by atoms with Crippen molar-refractivity contribution in [2.45, 2.75) is 38.4 Å². The minimum absolute atomic E-state index is 0.159. The molecule has 1 saturated carbocycles. The van der Waals surface area contributed by atoms with Gasteiger partial charge in [-0.2, -0.15) is 0 Å². The summed E-state index contributed by atoms with van der Waals surface area (Å²) < 4.78 is 10.9. The molecule has 68 valence electrons. The van der Waals surface area contributed by atoms with Crippen LogP contribution in [0.25, 0.3) is 0 Å². The molecule has 2 unspecified atom stereocenters. The number of hydrogen-bond acceptors (Lipinski definition) is 2. The van der Waals surface area contributed by atoms with E-state index in [9.17, 15) is 0 Å². The van der Waals surface area contributed by atoms with Gasteiger partial charge in [0.1, 0.15) is 0 Å². The first-order valence-electron chi connectivity index (χ1n) is 5.15. The summed E-state index contributed by atoms with van der Waals surface area (Å²) in [6, 6.07) is 0. The third-order valence-corrected chi connectivity index (χ3v) is 2.90. The minimum Gasteiger partial charge on any atom is -0.409 e. The van der Waals surface area contributed by atoms with E-state index in [2.05, 4.69) is 6.92 Å². The molecule has 1 aliphatic carbocycles. The van der Waals surface area contributed by atoms with Gasteiger partial charge in [-0.25, -0.2) is 0 Å². The van der Waals surface area contributed by atoms with Gasteiger partial charge in [-0.15, -0.1) is 0 Å². The van der Waals surface area contributed by atoms with Crippen LogP contribution in [0, 0.1) is 5.92 Å². The Kier molecular flexibility index (Phi) is 2.71. The zero-order chi connectivity index (χ0) is 8.39. The summed E-state index contributed by atoms with van der Waals surface area (Å²) in [5.41, 5.74) is 0. The quantitative estimate of drug-likeness (QED) is 0.598. The summed E-state index contributed by atoms with van der Waals surface area (Å²) in [7, 11) is 0.159. The average molecular weight is 168 g/mol. The van der Waals surface area contributed by atoms with Crippen LogP contribution < -0.4 is 0 Å². The number of unbranched alkanes of at least 4 members (excludes halogenated alkanes) is 1. The Hall–Kier alpha value is -0.0151. The highest BCUT2D eigenvalue weighted by atomic mass is 16.6. The lowest BCUT2D eigenvalue weighted by Gasteiger charge is -2.01. The van der Waals surface area contributed by atoms with Gasteiger partial charge >= 0.3 is 7.12 Å². The maximum absolute atomic E-state index is 5.46. The molecule has 0 radical (unpaired) electrons. The summed E-state index contributed by atoms with van der Waals surface area (Å²) >= 11 is 0. The molecule has 0 amide bonds. The fourth-order valence-electron chi connectivity index (χ4n) is 2.03. The molecule has 2 nitrogen and oxygen atoms in total. The predicted octanol–water partition coefficient (Wildman–Crippen LogP) is 2.10. The SMILES string of the molecule is CCCCC1CC1B1OCCO1. The van der Waals surface area contributed by atoms with Crippen LogP contribution in [0.4, 0.5) is 0 Å². The van der Waals surface area contributed by atoms with E-state index in [-0.39, 0.29) is 7.12 Å². The molecule has 0 spiro atoms. The maximum atomic E-state index is 5.46. The minimum atomic E-state index is 0.159. The maximum Gasteiger partial charge on any atom is 0.460 e. The van der Waals surface area contributed by atoms with E-state index in [0.29, 0.717) is 0 Å². The third-order valence-electron chi connectivity index (χ3n) is 2.90. The van der Waals surface area contributed by atoms with Crippen molar-refractivity contribution in [1.29, 1.82) is 0 Å². The lowest BCUT2D eigenvalue weighted by atomic mass is 9.80. The summed E-state index contributed by atoms with van der Waals surface area (Å²) in [6.45, 7) is 3.86. The molecule has 0 aromatic rings. The smallest absolute Gasteiger partial charge is 0.409 e. The Morgan fingerprint density at radius 1 is 1.33 bits per heavy atom. The highest BCUT2D eigenvalue weighted by molar-refractivity contribution is 6.48. The average Bonchev–Trinajstić information content (AvgIpc) is 2.64. The van der Waals surface area contributed by atoms with Crippen molar-refractivity contribution < 1.29 is 9.31 Å². The van der Waals surface area contributed by atoms with Crippen molar-refractivity contribution in [2.24, 2.45) is 5.92 Å². The first kappa shape index (κ1) is 8.58. The predicted molar refractivity (Wildman–Crippen MR) is 49.0 cm³/mol. The van der Waals surface area contributed by atoms with Crippen LogP contribution in [0.2, 0.25) is 5.82 Å². The molecule has 12 heavy (non-hydrogen) atoms. The Labute approximate surface area is 74.8 Å². The molecular formula is C9H17BO2. The second kappa shape index (κ2) is 3.80. The van der Waals surface area contributed by atoms with Crippen molar-refractivity contribution in [1.82, 2.24) is 0 Å². The van der Waals surface area contributed by atoms with Crippen LogP contribution >= 0.6 is 0 Å². The van der Waals surface area contributed by atoms with Crippen LogP contribution in [0.1, 0.15) is 32.6 Å². The van der Waals surface area contributed by atoms with Gasteiger partial charge in [0, 0.05) is 0 Å². The van der Waals surface area contributed by atoms with E-state index >= 15 is 0 Å². The molecule has 1 aliphatic heterocycles. The molecule has 2 rings (SSSR count). The van der Waals surface area contributed by atoms with Gasteiger partial charge in [0.2, 0.25) is 0 Å². The van der Waals surface area contributed by atoms with Gasteiger partial charge < -0.3 is 9.31 Å². The van der Waals surface area contributed by atoms with Crippen molar-refractivity contribution >= 4 is 7.12 Å². The zero-order valence-corrected chi connectivity index (χ0v) is 7.79. The van der Waals surface area contributed by atoms with Crippen molar-refractivity contribution in [3.63, 3.8) is 0 Å². The van der Waals surface area contributed by atoms with Gasteiger partial charge in [0.15, 0.2) is 0 Å². The monoisotopic (exact) mass is 168 g/mol. The molecule has 1 heterocycles. The standard InChI is InChI=1S/C9H17BO2/c1-2-3-4-8-7-9(8)10-11-5-6-12-10/h8-9H,2-7H2,1H3. The van der Waals surface area contributed by atoms with Crippen molar-refractivity contribution in [3.05, 3.63) is 0 Å². The first-order valence-corrected chi connectivity index (χ1v) is 5.15. The molecule has 2 atom stereocenters. The van der Waals surface area contributed by atoms with E-state index in [1.807, 2.05) is 0 Å². The molecule has 1 saturated heterocycles. The Bertz CT molecular complexity index is 145. The van der Waals surface area contributed by atoms with Gasteiger partial charge in [0.05, 0.1) is 13.2 Å². The third kappa shape index (κ3) is 1.83. The van der Waals surface area contributed by atoms with Crippen LogP contribution in [-0.2, 0) is 9.31 Å². The van der Waals surface area contributed by atoms with Crippen LogP contribution in [0.3, 0.4) is 0 Å². The molecule has 2 aliphatic rings. The van der Waals surface area contributed by atoms with E-state index < -0.39 is 0 Å². The Balaban J connectivity index is 1.65. The van der Waals surface area contributed by atoms with Gasteiger partial charge in [0.25, 0.3) is 0 Å². The fraction of sp³-hybridized carbons (Fsp3) is 1.00. The highest BCUT2D eigenvalue weighted by Crippen LogP contribution is 2.51. The Morgan fingerprint density at radius 2 is 2.08 bits per heavy atom. The van der Waals surface area contributed by atoms with E-state index in [1.54, 1.807) is 0 Å². The molecule has 0 aromatic carbocycles. The second-order valence-corrected chi connectivity index (χ2v) is 3.91. The van der Waals surface area contributed by atoms with Gasteiger partial charge in [-0.3, -0.25) is 0 Å². The Morgan fingerprint density at radius 3 is 2.75 bits per heavy atom. The topological polar surface area (TPSA) is 18.5 Å². The summed E-state index contributed by atoms with van der Waals surface area (Å²) in [5, 5.41) is 0. The van der Waals surface area contributed by atoms with Crippen LogP contribution in [0.5, 0.6) is 0 Å². The molecule has 0 aromatic heterocycles. The lowest BCUT2D eigenvalue weighted by molar-refractivity contribution is 0.365. The van der Waals surface area contributed by atoms with Gasteiger partial charge in [-0.1, -0.05) is 26.2 Å². The largest absolute Gasteiger partial charge is 0.460 e. The van der Waals surface area contributed by atoms with Crippen LogP contribution in [0.15, 0.2) is 0 Å². The normalized spacial score (nSPS) is 34.2. The summed E-state index contributed by atoms with van der Waals surface area (Å²) in [4.78, 5) is 0.